The molecule has 4 rings (SSSR count). The second kappa shape index (κ2) is 17.8. The average molecular weight is 526 g/mol. The highest BCUT2D eigenvalue weighted by molar-refractivity contribution is 7.97. The number of rotatable bonds is 7. The van der Waals surface area contributed by atoms with Gasteiger partial charge in [-0.25, -0.2) is 8.70 Å². The molecule has 3 aliphatic rings. The van der Waals surface area contributed by atoms with Gasteiger partial charge in [0.25, 0.3) is 0 Å². The number of allylic oxidation sites excluding steroid dienone is 8. The zero-order valence-electron chi connectivity index (χ0n) is 22.8. The number of benzene rings is 1. The molecule has 0 saturated carbocycles. The Balaban J connectivity index is 0.000000465. The van der Waals surface area contributed by atoms with E-state index in [9.17, 15) is 9.18 Å². The molecule has 37 heavy (non-hydrogen) atoms. The van der Waals surface area contributed by atoms with E-state index in [0.717, 1.165) is 56.6 Å². The number of carbonyl (C=O) groups is 1. The highest BCUT2D eigenvalue weighted by Gasteiger charge is 2.24. The van der Waals surface area contributed by atoms with E-state index < -0.39 is 0 Å². The highest BCUT2D eigenvalue weighted by atomic mass is 32.2. The van der Waals surface area contributed by atoms with Crippen molar-refractivity contribution in [2.24, 2.45) is 0 Å². The lowest BCUT2D eigenvalue weighted by Gasteiger charge is -2.34. The Labute approximate surface area is 228 Å². The summed E-state index contributed by atoms with van der Waals surface area (Å²) in [5.41, 5.74) is 3.11. The van der Waals surface area contributed by atoms with Gasteiger partial charge in [0.1, 0.15) is 5.82 Å². The minimum absolute atomic E-state index is 0.130. The van der Waals surface area contributed by atoms with Crippen LogP contribution in [0.1, 0.15) is 52.0 Å². The van der Waals surface area contributed by atoms with Gasteiger partial charge < -0.3 is 9.80 Å². The predicted molar refractivity (Wildman–Crippen MR) is 159 cm³/mol. The number of anilines is 1. The van der Waals surface area contributed by atoms with Crippen LogP contribution in [0.2, 0.25) is 0 Å². The fraction of sp³-hybridized carbons (Fsp3) is 0.452. The van der Waals surface area contributed by atoms with Gasteiger partial charge in [-0.15, -0.1) is 0 Å². The molecule has 0 spiro atoms. The van der Waals surface area contributed by atoms with Crippen LogP contribution >= 0.6 is 11.9 Å². The fourth-order valence-electron chi connectivity index (χ4n) is 4.35. The molecule has 1 aliphatic carbocycles. The second-order valence-corrected chi connectivity index (χ2v) is 10.1. The van der Waals surface area contributed by atoms with Gasteiger partial charge in [0, 0.05) is 55.8 Å². The number of hydrogen-bond acceptors (Lipinski definition) is 4. The van der Waals surface area contributed by atoms with E-state index in [4.69, 9.17) is 0 Å². The van der Waals surface area contributed by atoms with Gasteiger partial charge in [0.2, 0.25) is 6.41 Å². The first-order valence-corrected chi connectivity index (χ1v) is 14.4. The van der Waals surface area contributed by atoms with E-state index in [2.05, 4.69) is 34.0 Å². The zero-order chi connectivity index (χ0) is 26.9. The first kappa shape index (κ1) is 30.7. The van der Waals surface area contributed by atoms with Crippen LogP contribution in [0.3, 0.4) is 0 Å². The van der Waals surface area contributed by atoms with Crippen LogP contribution in [0.25, 0.3) is 0 Å². The van der Waals surface area contributed by atoms with Gasteiger partial charge in [-0.1, -0.05) is 87.0 Å². The summed E-state index contributed by atoms with van der Waals surface area (Å²) in [6, 6.07) is 5.61. The Morgan fingerprint density at radius 2 is 1.86 bits per heavy atom. The lowest BCUT2D eigenvalue weighted by Crippen LogP contribution is -2.45. The molecule has 2 saturated heterocycles. The summed E-state index contributed by atoms with van der Waals surface area (Å²) in [6.45, 7) is 14.0. The smallest absolute Gasteiger partial charge is 0.209 e. The molecule has 0 aromatic heterocycles. The molecule has 4 nitrogen and oxygen atoms in total. The summed E-state index contributed by atoms with van der Waals surface area (Å²) < 4.78 is 17.1. The molecule has 0 bridgehead atoms. The van der Waals surface area contributed by atoms with Crippen molar-refractivity contribution in [1.82, 2.24) is 9.21 Å². The third-order valence-electron chi connectivity index (χ3n) is 6.31. The Kier molecular flexibility index (Phi) is 14.8. The quantitative estimate of drug-likeness (QED) is 0.212. The fourth-order valence-corrected chi connectivity index (χ4v) is 5.72. The SMILES string of the molecule is C=C/C=C\C=C/C.CC.O=CN1CCN(c2ccc(CN3CCCC(C4=CCCC=C4)S3)c(F)c2)CC1. The summed E-state index contributed by atoms with van der Waals surface area (Å²) in [6.07, 6.45) is 21.9. The Morgan fingerprint density at radius 3 is 2.49 bits per heavy atom. The predicted octanol–water partition coefficient (Wildman–Crippen LogP) is 7.32. The van der Waals surface area contributed by atoms with Crippen LogP contribution in [0.4, 0.5) is 10.1 Å². The van der Waals surface area contributed by atoms with E-state index in [-0.39, 0.29) is 5.82 Å². The van der Waals surface area contributed by atoms with Gasteiger partial charge in [-0.3, -0.25) is 4.79 Å². The summed E-state index contributed by atoms with van der Waals surface area (Å²) in [4.78, 5) is 14.8. The Morgan fingerprint density at radius 1 is 1.08 bits per heavy atom. The van der Waals surface area contributed by atoms with Gasteiger partial charge in [0.15, 0.2) is 0 Å². The van der Waals surface area contributed by atoms with Gasteiger partial charge in [-0.2, -0.15) is 0 Å². The topological polar surface area (TPSA) is 26.8 Å². The summed E-state index contributed by atoms with van der Waals surface area (Å²) in [5, 5.41) is 0.502. The van der Waals surface area contributed by atoms with Crippen molar-refractivity contribution in [3.8, 4) is 0 Å². The van der Waals surface area contributed by atoms with Crippen molar-refractivity contribution in [1.29, 1.82) is 0 Å². The number of carbonyl (C=O) groups excluding carboxylic acids is 1. The number of amides is 1. The van der Waals surface area contributed by atoms with E-state index in [0.29, 0.717) is 24.9 Å². The molecule has 202 valence electrons. The van der Waals surface area contributed by atoms with E-state index in [1.165, 1.54) is 12.0 Å². The molecular weight excluding hydrogens is 481 g/mol. The van der Waals surface area contributed by atoms with Gasteiger partial charge >= 0.3 is 0 Å². The van der Waals surface area contributed by atoms with Crippen LogP contribution in [-0.4, -0.2) is 53.6 Å². The van der Waals surface area contributed by atoms with Gasteiger partial charge in [-0.05, 0) is 50.3 Å². The van der Waals surface area contributed by atoms with E-state index in [1.54, 1.807) is 17.0 Å². The highest BCUT2D eigenvalue weighted by Crippen LogP contribution is 2.35. The first-order valence-electron chi connectivity index (χ1n) is 13.6. The van der Waals surface area contributed by atoms with Crippen LogP contribution < -0.4 is 4.90 Å². The van der Waals surface area contributed by atoms with Crippen molar-refractivity contribution >= 4 is 24.0 Å². The number of nitrogens with zero attached hydrogens (tertiary/aromatic N) is 3. The Hall–Kier alpha value is -2.57. The third kappa shape index (κ3) is 10.4. The van der Waals surface area contributed by atoms with Crippen molar-refractivity contribution in [2.75, 3.05) is 37.6 Å². The van der Waals surface area contributed by atoms with Crippen LogP contribution in [0.15, 0.2) is 79.0 Å². The molecule has 2 aliphatic heterocycles. The molecular formula is C31H44FN3OS. The lowest BCUT2D eigenvalue weighted by atomic mass is 10.0. The molecule has 1 amide bonds. The second-order valence-electron chi connectivity index (χ2n) is 8.83. The summed E-state index contributed by atoms with van der Waals surface area (Å²) in [7, 11) is 0. The average Bonchev–Trinajstić information content (AvgIpc) is 2.96. The van der Waals surface area contributed by atoms with E-state index >= 15 is 0 Å². The van der Waals surface area contributed by atoms with Gasteiger partial charge in [0.05, 0.1) is 0 Å². The normalized spacial score (nSPS) is 20.1. The maximum atomic E-state index is 14.8. The molecule has 1 unspecified atom stereocenters. The summed E-state index contributed by atoms with van der Waals surface area (Å²) in [5.74, 6) is -0.130. The number of halogens is 1. The molecule has 2 heterocycles. The van der Waals surface area contributed by atoms with Crippen LogP contribution in [-0.2, 0) is 11.3 Å². The molecule has 2 fully saturated rings. The molecule has 1 atom stereocenters. The maximum absolute atomic E-state index is 14.8. The number of piperazine rings is 1. The molecule has 0 N–H and O–H groups in total. The standard InChI is InChI=1S/C22H28FN3OS.C7H10.C2H6/c23-21-15-20(25-13-11-24(17-27)12-14-25)9-8-19(21)16-26-10-4-7-22(28-26)18-5-2-1-3-6-18;1-3-5-7-6-4-2;1-2/h2,5-6,8-9,15,17,22H,1,3-4,7,10-14,16H2;3-7H,1H2,2H3;1-2H3/b;6-4-,7-5-;. The molecule has 1 aromatic rings. The third-order valence-corrected chi connectivity index (χ3v) is 7.68. The van der Waals surface area contributed by atoms with Crippen LogP contribution in [0.5, 0.6) is 0 Å². The molecule has 1 aromatic carbocycles. The maximum Gasteiger partial charge on any atom is 0.209 e. The van der Waals surface area contributed by atoms with Crippen molar-refractivity contribution in [3.05, 3.63) is 90.3 Å². The van der Waals surface area contributed by atoms with Crippen LogP contribution in [0, 0.1) is 5.82 Å². The number of hydrogen-bond donors (Lipinski definition) is 0. The monoisotopic (exact) mass is 525 g/mol. The van der Waals surface area contributed by atoms with Crippen molar-refractivity contribution in [2.45, 2.75) is 58.2 Å². The van der Waals surface area contributed by atoms with Crippen molar-refractivity contribution < 1.29 is 9.18 Å². The largest absolute Gasteiger partial charge is 0.368 e. The zero-order valence-corrected chi connectivity index (χ0v) is 23.6. The Bertz CT molecular complexity index is 948. The molecule has 6 heteroatoms. The molecule has 0 radical (unpaired) electrons. The van der Waals surface area contributed by atoms with Crippen molar-refractivity contribution in [3.63, 3.8) is 0 Å². The first-order chi connectivity index (χ1) is 18.1. The minimum Gasteiger partial charge on any atom is -0.368 e. The van der Waals surface area contributed by atoms with E-state index in [1.807, 2.05) is 69.2 Å². The minimum atomic E-state index is -0.130. The lowest BCUT2D eigenvalue weighted by molar-refractivity contribution is -0.118. The summed E-state index contributed by atoms with van der Waals surface area (Å²) >= 11 is 1.87.